The second kappa shape index (κ2) is 6.90. The lowest BCUT2D eigenvalue weighted by molar-refractivity contribution is 0.0792. The molecule has 3 rings (SSSR count). The van der Waals surface area contributed by atoms with E-state index in [2.05, 4.69) is 18.8 Å². The molecule has 1 N–H and O–H groups in total. The molecule has 3 nitrogen and oxygen atoms in total. The number of unbranched alkanes of at least 4 members (excludes halogenated alkanes) is 3. The van der Waals surface area contributed by atoms with Gasteiger partial charge in [-0.1, -0.05) is 62.1 Å². The number of carbonyl (C=O) groups is 1. The van der Waals surface area contributed by atoms with Crippen molar-refractivity contribution in [2.24, 2.45) is 0 Å². The number of hydrogen-bond acceptors (Lipinski definition) is 2. The maximum absolute atomic E-state index is 12.8. The standard InChI is InChI=1S/C21H21NO2/c1-2-3-4-5-11-16-21(24)19-15-10-9-14-18(19)20(23)22(21)17-12-7-6-8-13-17/h6-10,12-15,24H,2-5H2,1H3/t21-/m1/s1. The Bertz CT molecular complexity index is 788. The molecule has 0 radical (unpaired) electrons. The number of para-hydroxylation sites is 1. The van der Waals surface area contributed by atoms with Crippen LogP contribution in [0.4, 0.5) is 5.69 Å². The molecule has 0 fully saturated rings. The smallest absolute Gasteiger partial charge is 0.262 e. The molecule has 1 heterocycles. The van der Waals surface area contributed by atoms with Gasteiger partial charge in [-0.05, 0) is 30.5 Å². The van der Waals surface area contributed by atoms with Crippen LogP contribution in [0.15, 0.2) is 54.6 Å². The summed E-state index contributed by atoms with van der Waals surface area (Å²) in [6, 6.07) is 16.3. The summed E-state index contributed by atoms with van der Waals surface area (Å²) in [7, 11) is 0. The molecule has 1 aliphatic heterocycles. The number of aliphatic hydroxyl groups is 1. The fraction of sp³-hybridized carbons (Fsp3) is 0.286. The lowest BCUT2D eigenvalue weighted by Crippen LogP contribution is -2.43. The summed E-state index contributed by atoms with van der Waals surface area (Å²) in [5, 5.41) is 11.3. The molecular weight excluding hydrogens is 298 g/mol. The molecule has 2 aromatic rings. The number of hydrogen-bond donors (Lipinski definition) is 1. The van der Waals surface area contributed by atoms with E-state index in [1.807, 2.05) is 36.4 Å². The van der Waals surface area contributed by atoms with Gasteiger partial charge in [-0.2, -0.15) is 0 Å². The highest BCUT2D eigenvalue weighted by molar-refractivity contribution is 6.12. The summed E-state index contributed by atoms with van der Waals surface area (Å²) >= 11 is 0. The Morgan fingerprint density at radius 1 is 1.04 bits per heavy atom. The summed E-state index contributed by atoms with van der Waals surface area (Å²) < 4.78 is 0. The fourth-order valence-electron chi connectivity index (χ4n) is 3.01. The van der Waals surface area contributed by atoms with Crippen LogP contribution in [0.5, 0.6) is 0 Å². The maximum atomic E-state index is 12.8. The molecule has 0 bridgehead atoms. The molecular formula is C21H21NO2. The van der Waals surface area contributed by atoms with E-state index in [4.69, 9.17) is 0 Å². The summed E-state index contributed by atoms with van der Waals surface area (Å²) in [6.07, 6.45) is 3.96. The fourth-order valence-corrected chi connectivity index (χ4v) is 3.01. The van der Waals surface area contributed by atoms with Gasteiger partial charge < -0.3 is 5.11 Å². The number of fused-ring (bicyclic) bond motifs is 1. The van der Waals surface area contributed by atoms with Crippen LogP contribution in [0, 0.1) is 11.8 Å². The van der Waals surface area contributed by atoms with Gasteiger partial charge in [0.15, 0.2) is 0 Å². The zero-order chi connectivity index (χ0) is 17.0. The van der Waals surface area contributed by atoms with Crippen molar-refractivity contribution >= 4 is 11.6 Å². The van der Waals surface area contributed by atoms with E-state index in [0.29, 0.717) is 16.8 Å². The second-order valence-corrected chi connectivity index (χ2v) is 5.95. The van der Waals surface area contributed by atoms with Gasteiger partial charge in [0.05, 0.1) is 0 Å². The first-order valence-electron chi connectivity index (χ1n) is 8.40. The average Bonchev–Trinajstić information content (AvgIpc) is 2.84. The second-order valence-electron chi connectivity index (χ2n) is 5.95. The van der Waals surface area contributed by atoms with Crippen LogP contribution in [0.2, 0.25) is 0 Å². The van der Waals surface area contributed by atoms with Crippen molar-refractivity contribution in [1.82, 2.24) is 0 Å². The van der Waals surface area contributed by atoms with E-state index in [9.17, 15) is 9.90 Å². The van der Waals surface area contributed by atoms with Crippen molar-refractivity contribution in [1.29, 1.82) is 0 Å². The molecule has 1 aliphatic rings. The highest BCUT2D eigenvalue weighted by Gasteiger charge is 2.48. The predicted octanol–water partition coefficient (Wildman–Crippen LogP) is 4.08. The average molecular weight is 319 g/mol. The molecule has 0 spiro atoms. The largest absolute Gasteiger partial charge is 0.357 e. The zero-order valence-electron chi connectivity index (χ0n) is 13.8. The molecule has 3 heteroatoms. The highest BCUT2D eigenvalue weighted by Crippen LogP contribution is 2.40. The molecule has 0 saturated heterocycles. The number of nitrogens with zero attached hydrogens (tertiary/aromatic N) is 1. The number of amides is 1. The van der Waals surface area contributed by atoms with E-state index in [1.165, 1.54) is 4.90 Å². The monoisotopic (exact) mass is 319 g/mol. The Morgan fingerprint density at radius 3 is 2.50 bits per heavy atom. The van der Waals surface area contributed by atoms with Crippen LogP contribution in [-0.2, 0) is 5.72 Å². The first-order valence-corrected chi connectivity index (χ1v) is 8.40. The Labute approximate surface area is 142 Å². The Balaban J connectivity index is 2.02. The van der Waals surface area contributed by atoms with E-state index < -0.39 is 5.72 Å². The van der Waals surface area contributed by atoms with Gasteiger partial charge in [-0.3, -0.25) is 9.69 Å². The number of anilines is 1. The summed E-state index contributed by atoms with van der Waals surface area (Å²) in [5.74, 6) is 5.81. The van der Waals surface area contributed by atoms with E-state index in [1.54, 1.807) is 18.2 Å². The summed E-state index contributed by atoms with van der Waals surface area (Å²) in [5.41, 5.74) is 0.0962. The Kier molecular flexibility index (Phi) is 4.69. The summed E-state index contributed by atoms with van der Waals surface area (Å²) in [6.45, 7) is 2.14. The Hall–Kier alpha value is -2.57. The number of benzene rings is 2. The summed E-state index contributed by atoms with van der Waals surface area (Å²) in [4.78, 5) is 14.2. The Morgan fingerprint density at radius 2 is 1.75 bits per heavy atom. The van der Waals surface area contributed by atoms with E-state index in [0.717, 1.165) is 25.7 Å². The third-order valence-corrected chi connectivity index (χ3v) is 4.24. The van der Waals surface area contributed by atoms with Crippen LogP contribution < -0.4 is 4.90 Å². The van der Waals surface area contributed by atoms with Gasteiger partial charge in [-0.15, -0.1) is 0 Å². The minimum absolute atomic E-state index is 0.220. The SMILES string of the molecule is CCCCCC#C[C@@]1(O)c2ccccc2C(=O)N1c1ccccc1. The molecule has 1 atom stereocenters. The zero-order valence-corrected chi connectivity index (χ0v) is 13.8. The minimum atomic E-state index is -1.61. The molecule has 0 saturated carbocycles. The molecule has 0 unspecified atom stereocenters. The topological polar surface area (TPSA) is 40.5 Å². The quantitative estimate of drug-likeness (QED) is 0.681. The third-order valence-electron chi connectivity index (χ3n) is 4.24. The van der Waals surface area contributed by atoms with E-state index >= 15 is 0 Å². The van der Waals surface area contributed by atoms with E-state index in [-0.39, 0.29) is 5.91 Å². The normalized spacial score (nSPS) is 18.9. The molecule has 2 aromatic carbocycles. The van der Waals surface area contributed by atoms with Gasteiger partial charge in [-0.25, -0.2) is 0 Å². The highest BCUT2D eigenvalue weighted by atomic mass is 16.3. The molecule has 0 aromatic heterocycles. The molecule has 24 heavy (non-hydrogen) atoms. The van der Waals surface area contributed by atoms with Crippen LogP contribution in [0.3, 0.4) is 0 Å². The van der Waals surface area contributed by atoms with Gasteiger partial charge in [0.1, 0.15) is 0 Å². The number of carbonyl (C=O) groups excluding carboxylic acids is 1. The van der Waals surface area contributed by atoms with Gasteiger partial charge in [0.25, 0.3) is 5.91 Å². The van der Waals surface area contributed by atoms with Crippen molar-refractivity contribution < 1.29 is 9.90 Å². The van der Waals surface area contributed by atoms with Crippen molar-refractivity contribution in [3.8, 4) is 11.8 Å². The van der Waals surface area contributed by atoms with Gasteiger partial charge >= 0.3 is 0 Å². The van der Waals surface area contributed by atoms with Crippen LogP contribution in [0.1, 0.15) is 48.5 Å². The van der Waals surface area contributed by atoms with Crippen molar-refractivity contribution in [3.63, 3.8) is 0 Å². The van der Waals surface area contributed by atoms with Crippen molar-refractivity contribution in [2.75, 3.05) is 4.90 Å². The van der Waals surface area contributed by atoms with Crippen LogP contribution in [0.25, 0.3) is 0 Å². The molecule has 1 amide bonds. The lowest BCUT2D eigenvalue weighted by atomic mass is 10.0. The molecule has 122 valence electrons. The number of rotatable bonds is 4. The van der Waals surface area contributed by atoms with Gasteiger partial charge in [0, 0.05) is 23.2 Å². The van der Waals surface area contributed by atoms with Crippen molar-refractivity contribution in [2.45, 2.75) is 38.3 Å². The molecule has 0 aliphatic carbocycles. The predicted molar refractivity (Wildman–Crippen MR) is 95.5 cm³/mol. The van der Waals surface area contributed by atoms with Crippen LogP contribution >= 0.6 is 0 Å². The minimum Gasteiger partial charge on any atom is -0.357 e. The lowest BCUT2D eigenvalue weighted by Gasteiger charge is -2.29. The van der Waals surface area contributed by atoms with Gasteiger partial charge in [0.2, 0.25) is 5.72 Å². The van der Waals surface area contributed by atoms with Crippen molar-refractivity contribution in [3.05, 3.63) is 65.7 Å². The third kappa shape index (κ3) is 2.81. The maximum Gasteiger partial charge on any atom is 0.262 e. The first-order chi connectivity index (χ1) is 11.7. The first kappa shape index (κ1) is 16.3. The van der Waals surface area contributed by atoms with Crippen LogP contribution in [-0.4, -0.2) is 11.0 Å².